The first kappa shape index (κ1) is 15.3. The third kappa shape index (κ3) is 3.70. The van der Waals surface area contributed by atoms with E-state index in [4.69, 9.17) is 4.74 Å². The van der Waals surface area contributed by atoms with Gasteiger partial charge in [0.25, 0.3) is 0 Å². The standard InChI is InChI=1S/C14H10BrF3OS/c1-19-10-4-7-13(12(8-10)14(16,17)18)20-11-5-2-9(15)3-6-11/h2-8H,1H3. The lowest BCUT2D eigenvalue weighted by molar-refractivity contribution is -0.139. The highest BCUT2D eigenvalue weighted by atomic mass is 79.9. The van der Waals surface area contributed by atoms with E-state index in [1.807, 2.05) is 0 Å². The molecule has 106 valence electrons. The Bertz CT molecular complexity index is 596. The van der Waals surface area contributed by atoms with Crippen LogP contribution in [0, 0.1) is 0 Å². The number of rotatable bonds is 3. The highest BCUT2D eigenvalue weighted by Crippen LogP contribution is 2.41. The quantitative estimate of drug-likeness (QED) is 0.699. The van der Waals surface area contributed by atoms with E-state index in [1.54, 1.807) is 24.3 Å². The first-order valence-corrected chi connectivity index (χ1v) is 7.20. The predicted octanol–water partition coefficient (Wildman–Crippen LogP) is 5.63. The molecule has 2 rings (SSSR count). The molecule has 0 radical (unpaired) electrons. The van der Waals surface area contributed by atoms with Gasteiger partial charge in [-0.1, -0.05) is 27.7 Å². The van der Waals surface area contributed by atoms with Gasteiger partial charge in [0.2, 0.25) is 0 Å². The maximum atomic E-state index is 13.1. The molecule has 0 heterocycles. The third-order valence-corrected chi connectivity index (χ3v) is 4.15. The molecule has 2 aromatic carbocycles. The summed E-state index contributed by atoms with van der Waals surface area (Å²) < 4.78 is 44.9. The van der Waals surface area contributed by atoms with Gasteiger partial charge in [-0.3, -0.25) is 0 Å². The van der Waals surface area contributed by atoms with Crippen molar-refractivity contribution in [2.75, 3.05) is 7.11 Å². The van der Waals surface area contributed by atoms with Crippen LogP contribution in [-0.4, -0.2) is 7.11 Å². The van der Waals surface area contributed by atoms with Crippen molar-refractivity contribution in [1.82, 2.24) is 0 Å². The number of benzene rings is 2. The summed E-state index contributed by atoms with van der Waals surface area (Å²) in [5.41, 5.74) is -0.690. The van der Waals surface area contributed by atoms with Crippen LogP contribution in [0.4, 0.5) is 13.2 Å². The number of ether oxygens (including phenoxy) is 1. The number of methoxy groups -OCH3 is 1. The highest BCUT2D eigenvalue weighted by molar-refractivity contribution is 9.10. The Hall–Kier alpha value is -1.14. The van der Waals surface area contributed by atoms with Crippen LogP contribution in [0.1, 0.15) is 5.56 Å². The van der Waals surface area contributed by atoms with Gasteiger partial charge in [-0.05, 0) is 42.5 Å². The Labute approximate surface area is 127 Å². The van der Waals surface area contributed by atoms with Crippen molar-refractivity contribution in [3.05, 3.63) is 52.5 Å². The van der Waals surface area contributed by atoms with Crippen LogP contribution >= 0.6 is 27.7 Å². The van der Waals surface area contributed by atoms with Crippen molar-refractivity contribution in [2.45, 2.75) is 16.0 Å². The zero-order chi connectivity index (χ0) is 14.8. The van der Waals surface area contributed by atoms with Crippen molar-refractivity contribution in [2.24, 2.45) is 0 Å². The molecule has 0 amide bonds. The van der Waals surface area contributed by atoms with E-state index in [2.05, 4.69) is 15.9 Å². The lowest BCUT2D eigenvalue weighted by atomic mass is 10.2. The van der Waals surface area contributed by atoms with Crippen molar-refractivity contribution in [1.29, 1.82) is 0 Å². The first-order chi connectivity index (χ1) is 9.40. The first-order valence-electron chi connectivity index (χ1n) is 5.59. The topological polar surface area (TPSA) is 9.23 Å². The Morgan fingerprint density at radius 2 is 1.70 bits per heavy atom. The Morgan fingerprint density at radius 3 is 2.25 bits per heavy atom. The maximum absolute atomic E-state index is 13.1. The van der Waals surface area contributed by atoms with Crippen molar-refractivity contribution < 1.29 is 17.9 Å². The van der Waals surface area contributed by atoms with Crippen molar-refractivity contribution >= 4 is 27.7 Å². The van der Waals surface area contributed by atoms with E-state index in [0.717, 1.165) is 27.2 Å². The van der Waals surface area contributed by atoms with Crippen LogP contribution in [0.2, 0.25) is 0 Å². The third-order valence-electron chi connectivity index (χ3n) is 2.53. The van der Waals surface area contributed by atoms with E-state index in [1.165, 1.54) is 19.2 Å². The SMILES string of the molecule is COc1ccc(Sc2ccc(Br)cc2)c(C(F)(F)F)c1. The van der Waals surface area contributed by atoms with Gasteiger partial charge in [0.1, 0.15) is 5.75 Å². The second-order valence-electron chi connectivity index (χ2n) is 3.92. The zero-order valence-corrected chi connectivity index (χ0v) is 12.8. The average molecular weight is 363 g/mol. The fourth-order valence-corrected chi connectivity index (χ4v) is 2.79. The number of halogens is 4. The van der Waals surface area contributed by atoms with Gasteiger partial charge in [-0.2, -0.15) is 13.2 Å². The van der Waals surface area contributed by atoms with E-state index in [0.29, 0.717) is 0 Å². The molecule has 0 aliphatic carbocycles. The molecule has 0 fully saturated rings. The summed E-state index contributed by atoms with van der Waals surface area (Å²) in [5, 5.41) is 0. The summed E-state index contributed by atoms with van der Waals surface area (Å²) in [6, 6.07) is 11.1. The van der Waals surface area contributed by atoms with E-state index < -0.39 is 11.7 Å². The Balaban J connectivity index is 2.38. The predicted molar refractivity (Wildman–Crippen MR) is 76.3 cm³/mol. The van der Waals surface area contributed by atoms with Gasteiger partial charge >= 0.3 is 6.18 Å². The number of alkyl halides is 3. The van der Waals surface area contributed by atoms with E-state index >= 15 is 0 Å². The van der Waals surface area contributed by atoms with E-state index in [-0.39, 0.29) is 10.6 Å². The highest BCUT2D eigenvalue weighted by Gasteiger charge is 2.34. The van der Waals surface area contributed by atoms with Crippen LogP contribution in [0.3, 0.4) is 0 Å². The largest absolute Gasteiger partial charge is 0.497 e. The summed E-state index contributed by atoms with van der Waals surface area (Å²) in [6.07, 6.45) is -4.41. The fourth-order valence-electron chi connectivity index (χ4n) is 1.58. The minimum absolute atomic E-state index is 0.153. The monoisotopic (exact) mass is 362 g/mol. The zero-order valence-electron chi connectivity index (χ0n) is 10.4. The van der Waals surface area contributed by atoms with Crippen LogP contribution in [0.5, 0.6) is 5.75 Å². The van der Waals surface area contributed by atoms with Crippen LogP contribution in [-0.2, 0) is 6.18 Å². The van der Waals surface area contributed by atoms with Gasteiger partial charge in [-0.25, -0.2) is 0 Å². The smallest absolute Gasteiger partial charge is 0.417 e. The molecule has 20 heavy (non-hydrogen) atoms. The summed E-state index contributed by atoms with van der Waals surface area (Å²) in [6.45, 7) is 0. The molecule has 0 aliphatic rings. The molecule has 0 aliphatic heterocycles. The Morgan fingerprint density at radius 1 is 1.05 bits per heavy atom. The maximum Gasteiger partial charge on any atom is 0.417 e. The average Bonchev–Trinajstić information content (AvgIpc) is 2.40. The molecule has 0 aromatic heterocycles. The van der Waals surface area contributed by atoms with Crippen molar-refractivity contribution in [3.63, 3.8) is 0 Å². The molecule has 0 atom stereocenters. The Kier molecular flexibility index (Phi) is 4.65. The molecule has 0 unspecified atom stereocenters. The molecular weight excluding hydrogens is 353 g/mol. The fraction of sp³-hybridized carbons (Fsp3) is 0.143. The minimum Gasteiger partial charge on any atom is -0.497 e. The molecule has 2 aromatic rings. The normalized spacial score (nSPS) is 11.4. The summed E-state index contributed by atoms with van der Waals surface area (Å²) in [4.78, 5) is 0.893. The number of hydrogen-bond donors (Lipinski definition) is 0. The second kappa shape index (κ2) is 6.10. The van der Waals surface area contributed by atoms with Crippen LogP contribution in [0.15, 0.2) is 56.7 Å². The van der Waals surface area contributed by atoms with Crippen LogP contribution < -0.4 is 4.74 Å². The van der Waals surface area contributed by atoms with Gasteiger partial charge in [-0.15, -0.1) is 0 Å². The summed E-state index contributed by atoms with van der Waals surface area (Å²) >= 11 is 4.36. The summed E-state index contributed by atoms with van der Waals surface area (Å²) in [7, 11) is 1.34. The van der Waals surface area contributed by atoms with Gasteiger partial charge in [0, 0.05) is 14.3 Å². The van der Waals surface area contributed by atoms with Crippen molar-refractivity contribution in [3.8, 4) is 5.75 Å². The molecule has 0 N–H and O–H groups in total. The molecule has 6 heteroatoms. The molecule has 0 bridgehead atoms. The molecule has 0 saturated heterocycles. The van der Waals surface area contributed by atoms with Gasteiger partial charge in [0.15, 0.2) is 0 Å². The van der Waals surface area contributed by atoms with Gasteiger partial charge in [0.05, 0.1) is 12.7 Å². The van der Waals surface area contributed by atoms with Gasteiger partial charge < -0.3 is 4.74 Å². The molecule has 0 spiro atoms. The number of hydrogen-bond acceptors (Lipinski definition) is 2. The molecule has 0 saturated carbocycles. The molecule has 1 nitrogen and oxygen atoms in total. The van der Waals surface area contributed by atoms with Crippen LogP contribution in [0.25, 0.3) is 0 Å². The molecular formula is C14H10BrF3OS. The minimum atomic E-state index is -4.41. The second-order valence-corrected chi connectivity index (χ2v) is 5.95. The summed E-state index contributed by atoms with van der Waals surface area (Å²) in [5.74, 6) is 0.192. The lowest BCUT2D eigenvalue weighted by Crippen LogP contribution is -2.07. The lowest BCUT2D eigenvalue weighted by Gasteiger charge is -2.13. The van der Waals surface area contributed by atoms with E-state index in [9.17, 15) is 13.2 Å².